The second kappa shape index (κ2) is 10.8. The van der Waals surface area contributed by atoms with Gasteiger partial charge in [-0.15, -0.1) is 0 Å². The van der Waals surface area contributed by atoms with Gasteiger partial charge in [-0.1, -0.05) is 30.3 Å². The fourth-order valence-corrected chi connectivity index (χ4v) is 3.34. The summed E-state index contributed by atoms with van der Waals surface area (Å²) in [6.07, 6.45) is 1.05. The standard InChI is InChI=1S/C19H24N2O2S2/c1-22-16-9-10-17(18(13-16)23-2)21-19(24)20-11-6-12-25-14-15-7-4-3-5-8-15/h3-5,7-10,13H,6,11-12,14H2,1-2H3,(H2,20,21,24). The molecule has 2 N–H and O–H groups in total. The highest BCUT2D eigenvalue weighted by Gasteiger charge is 2.06. The molecule has 0 heterocycles. The highest BCUT2D eigenvalue weighted by molar-refractivity contribution is 7.98. The lowest BCUT2D eigenvalue weighted by atomic mass is 10.2. The molecule has 134 valence electrons. The number of hydrogen-bond donors (Lipinski definition) is 2. The number of anilines is 1. The van der Waals surface area contributed by atoms with Crippen molar-refractivity contribution >= 4 is 34.8 Å². The van der Waals surface area contributed by atoms with Crippen LogP contribution in [-0.4, -0.2) is 31.6 Å². The van der Waals surface area contributed by atoms with Gasteiger partial charge >= 0.3 is 0 Å². The minimum Gasteiger partial charge on any atom is -0.497 e. The van der Waals surface area contributed by atoms with Crippen LogP contribution < -0.4 is 20.1 Å². The Morgan fingerprint density at radius 2 is 1.88 bits per heavy atom. The maximum atomic E-state index is 5.36. The molecule has 0 saturated carbocycles. The Bertz CT molecular complexity index is 666. The molecule has 0 fully saturated rings. The molecule has 0 saturated heterocycles. The first kappa shape index (κ1) is 19.4. The van der Waals surface area contributed by atoms with Crippen LogP contribution in [-0.2, 0) is 5.75 Å². The second-order valence-corrected chi connectivity index (χ2v) is 6.85. The van der Waals surface area contributed by atoms with Gasteiger partial charge in [0.25, 0.3) is 0 Å². The van der Waals surface area contributed by atoms with Crippen molar-refractivity contribution in [3.63, 3.8) is 0 Å². The number of nitrogens with one attached hydrogen (secondary N) is 2. The minimum absolute atomic E-state index is 0.594. The number of benzene rings is 2. The Hall–Kier alpha value is -1.92. The van der Waals surface area contributed by atoms with Crippen LogP contribution in [0.3, 0.4) is 0 Å². The van der Waals surface area contributed by atoms with Crippen LogP contribution in [0.25, 0.3) is 0 Å². The maximum absolute atomic E-state index is 5.36. The molecular weight excluding hydrogens is 352 g/mol. The van der Waals surface area contributed by atoms with Crippen LogP contribution in [0.5, 0.6) is 11.5 Å². The monoisotopic (exact) mass is 376 g/mol. The van der Waals surface area contributed by atoms with Crippen LogP contribution in [0.2, 0.25) is 0 Å². The summed E-state index contributed by atoms with van der Waals surface area (Å²) >= 11 is 7.28. The van der Waals surface area contributed by atoms with Gasteiger partial charge in [-0.2, -0.15) is 11.8 Å². The van der Waals surface area contributed by atoms with Gasteiger partial charge in [0.2, 0.25) is 0 Å². The molecule has 0 aliphatic carbocycles. The molecule has 0 radical (unpaired) electrons. The van der Waals surface area contributed by atoms with Crippen molar-refractivity contribution in [1.29, 1.82) is 0 Å². The average Bonchev–Trinajstić information content (AvgIpc) is 2.65. The van der Waals surface area contributed by atoms with E-state index in [1.165, 1.54) is 5.56 Å². The quantitative estimate of drug-likeness (QED) is 0.502. The number of rotatable bonds is 9. The summed E-state index contributed by atoms with van der Waals surface area (Å²) in [6, 6.07) is 16.1. The first-order chi connectivity index (χ1) is 12.2. The Balaban J connectivity index is 1.65. The van der Waals surface area contributed by atoms with E-state index in [0.29, 0.717) is 10.9 Å². The maximum Gasteiger partial charge on any atom is 0.170 e. The van der Waals surface area contributed by atoms with Crippen LogP contribution in [0.15, 0.2) is 48.5 Å². The number of hydrogen-bond acceptors (Lipinski definition) is 4. The SMILES string of the molecule is COc1ccc(NC(=S)NCCCSCc2ccccc2)c(OC)c1. The Morgan fingerprint density at radius 3 is 2.60 bits per heavy atom. The Morgan fingerprint density at radius 1 is 1.08 bits per heavy atom. The predicted octanol–water partition coefficient (Wildman–Crippen LogP) is 4.31. The molecule has 4 nitrogen and oxygen atoms in total. The molecule has 2 aromatic carbocycles. The number of thioether (sulfide) groups is 1. The van der Waals surface area contributed by atoms with E-state index in [1.807, 2.05) is 36.0 Å². The van der Waals surface area contributed by atoms with Crippen molar-refractivity contribution in [2.75, 3.05) is 31.8 Å². The van der Waals surface area contributed by atoms with E-state index in [4.69, 9.17) is 21.7 Å². The first-order valence-electron chi connectivity index (χ1n) is 8.11. The number of thiocarbonyl (C=S) groups is 1. The summed E-state index contributed by atoms with van der Waals surface area (Å²) in [4.78, 5) is 0. The van der Waals surface area contributed by atoms with E-state index in [1.54, 1.807) is 14.2 Å². The average molecular weight is 377 g/mol. The molecule has 6 heteroatoms. The topological polar surface area (TPSA) is 42.5 Å². The molecule has 0 aromatic heterocycles. The predicted molar refractivity (Wildman–Crippen MR) is 111 cm³/mol. The molecule has 2 aromatic rings. The molecular formula is C19H24N2O2S2. The lowest BCUT2D eigenvalue weighted by molar-refractivity contribution is 0.395. The normalized spacial score (nSPS) is 10.2. The van der Waals surface area contributed by atoms with Crippen molar-refractivity contribution in [3.05, 3.63) is 54.1 Å². The van der Waals surface area contributed by atoms with Crippen molar-refractivity contribution in [1.82, 2.24) is 5.32 Å². The highest BCUT2D eigenvalue weighted by Crippen LogP contribution is 2.28. The molecule has 25 heavy (non-hydrogen) atoms. The van der Waals surface area contributed by atoms with Crippen LogP contribution in [0.1, 0.15) is 12.0 Å². The van der Waals surface area contributed by atoms with Crippen molar-refractivity contribution in [3.8, 4) is 11.5 Å². The van der Waals surface area contributed by atoms with E-state index in [9.17, 15) is 0 Å². The van der Waals surface area contributed by atoms with Gasteiger partial charge in [-0.25, -0.2) is 0 Å². The lowest BCUT2D eigenvalue weighted by Crippen LogP contribution is -2.29. The summed E-state index contributed by atoms with van der Waals surface area (Å²) in [5.74, 6) is 3.58. The molecule has 0 bridgehead atoms. The zero-order valence-electron chi connectivity index (χ0n) is 14.6. The van der Waals surface area contributed by atoms with Gasteiger partial charge in [-0.05, 0) is 42.1 Å². The zero-order chi connectivity index (χ0) is 17.9. The van der Waals surface area contributed by atoms with E-state index in [2.05, 4.69) is 34.9 Å². The molecule has 0 amide bonds. The third-order valence-corrected chi connectivity index (χ3v) is 4.88. The van der Waals surface area contributed by atoms with E-state index >= 15 is 0 Å². The molecule has 2 rings (SSSR count). The second-order valence-electron chi connectivity index (χ2n) is 5.34. The Labute approximate surface area is 159 Å². The van der Waals surface area contributed by atoms with E-state index in [0.717, 1.165) is 35.9 Å². The fourth-order valence-electron chi connectivity index (χ4n) is 2.21. The zero-order valence-corrected chi connectivity index (χ0v) is 16.2. The molecule has 0 aliphatic heterocycles. The molecule has 0 atom stereocenters. The largest absolute Gasteiger partial charge is 0.497 e. The number of ether oxygens (including phenoxy) is 2. The van der Waals surface area contributed by atoms with Gasteiger partial charge in [0.1, 0.15) is 11.5 Å². The summed E-state index contributed by atoms with van der Waals surface area (Å²) in [5.41, 5.74) is 2.18. The fraction of sp³-hybridized carbons (Fsp3) is 0.316. The van der Waals surface area contributed by atoms with Crippen LogP contribution in [0, 0.1) is 0 Å². The molecule has 0 unspecified atom stereocenters. The Kier molecular flexibility index (Phi) is 8.42. The van der Waals surface area contributed by atoms with Crippen LogP contribution in [0.4, 0.5) is 5.69 Å². The highest BCUT2D eigenvalue weighted by atomic mass is 32.2. The van der Waals surface area contributed by atoms with Gasteiger partial charge in [-0.3, -0.25) is 0 Å². The molecule has 0 spiro atoms. The van der Waals surface area contributed by atoms with E-state index in [-0.39, 0.29) is 0 Å². The first-order valence-corrected chi connectivity index (χ1v) is 9.67. The summed E-state index contributed by atoms with van der Waals surface area (Å²) in [5, 5.41) is 6.99. The third-order valence-electron chi connectivity index (χ3n) is 3.52. The number of methoxy groups -OCH3 is 2. The van der Waals surface area contributed by atoms with Gasteiger partial charge in [0.05, 0.1) is 19.9 Å². The summed E-state index contributed by atoms with van der Waals surface area (Å²) < 4.78 is 10.5. The van der Waals surface area contributed by atoms with Crippen LogP contribution >= 0.6 is 24.0 Å². The van der Waals surface area contributed by atoms with Crippen molar-refractivity contribution < 1.29 is 9.47 Å². The van der Waals surface area contributed by atoms with Gasteiger partial charge in [0.15, 0.2) is 5.11 Å². The van der Waals surface area contributed by atoms with Gasteiger partial charge < -0.3 is 20.1 Å². The van der Waals surface area contributed by atoms with Crippen molar-refractivity contribution in [2.45, 2.75) is 12.2 Å². The molecule has 0 aliphatic rings. The summed E-state index contributed by atoms with van der Waals surface area (Å²) in [7, 11) is 3.25. The van der Waals surface area contributed by atoms with E-state index < -0.39 is 0 Å². The smallest absolute Gasteiger partial charge is 0.170 e. The minimum atomic E-state index is 0.594. The van der Waals surface area contributed by atoms with Crippen molar-refractivity contribution in [2.24, 2.45) is 0 Å². The summed E-state index contributed by atoms with van der Waals surface area (Å²) in [6.45, 7) is 0.839. The lowest BCUT2D eigenvalue weighted by Gasteiger charge is -2.14. The third kappa shape index (κ3) is 6.84. The van der Waals surface area contributed by atoms with Gasteiger partial charge in [0, 0.05) is 18.4 Å².